The number of aliphatic carboxylic acids is 1. The van der Waals surface area contributed by atoms with E-state index in [-0.39, 0.29) is 23.4 Å². The second-order valence-corrected chi connectivity index (χ2v) is 12.1. The predicted molar refractivity (Wildman–Crippen MR) is 139 cm³/mol. The molecule has 1 fully saturated rings. The minimum Gasteiger partial charge on any atom is -0.494 e. The summed E-state index contributed by atoms with van der Waals surface area (Å²) in [5, 5.41) is 9.15. The lowest BCUT2D eigenvalue weighted by Gasteiger charge is -2.17. The third kappa shape index (κ3) is 6.10. The van der Waals surface area contributed by atoms with Gasteiger partial charge in [0, 0.05) is 17.4 Å². The van der Waals surface area contributed by atoms with Crippen LogP contribution in [0.2, 0.25) is 0 Å². The van der Waals surface area contributed by atoms with Crippen LogP contribution in [0, 0.1) is 11.7 Å². The molecule has 7 nitrogen and oxygen atoms in total. The van der Waals surface area contributed by atoms with Crippen LogP contribution < -0.4 is 14.2 Å². The molecular weight excluding hydrogens is 511 g/mol. The molecule has 3 aromatic carbocycles. The lowest BCUT2D eigenvalue weighted by Crippen LogP contribution is -2.07. The molecule has 5 rings (SSSR count). The first-order valence-electron chi connectivity index (χ1n) is 12.6. The van der Waals surface area contributed by atoms with Gasteiger partial charge in [-0.2, -0.15) is 0 Å². The van der Waals surface area contributed by atoms with Crippen molar-refractivity contribution >= 4 is 15.8 Å². The normalized spacial score (nSPS) is 20.0. The van der Waals surface area contributed by atoms with Crippen molar-refractivity contribution in [1.82, 2.24) is 0 Å². The molecule has 0 saturated heterocycles. The Hall–Kier alpha value is -3.59. The molecule has 3 aromatic rings. The Kier molecular flexibility index (Phi) is 7.29. The summed E-state index contributed by atoms with van der Waals surface area (Å²) in [6.07, 6.45) is 3.03. The van der Waals surface area contributed by atoms with Gasteiger partial charge in [0.25, 0.3) is 0 Å². The second-order valence-electron chi connectivity index (χ2n) is 9.84. The zero-order valence-corrected chi connectivity index (χ0v) is 21.7. The molecule has 1 saturated carbocycles. The fourth-order valence-corrected chi connectivity index (χ4v) is 5.53. The number of ether oxygens (including phenoxy) is 3. The highest BCUT2D eigenvalue weighted by Gasteiger charge is 2.44. The zero-order chi connectivity index (χ0) is 26.9. The average molecular weight is 541 g/mol. The molecule has 3 atom stereocenters. The Bertz CT molecular complexity index is 1420. The largest absolute Gasteiger partial charge is 0.494 e. The van der Waals surface area contributed by atoms with Crippen LogP contribution >= 0.6 is 0 Å². The van der Waals surface area contributed by atoms with E-state index in [1.807, 2.05) is 24.3 Å². The lowest BCUT2D eigenvalue weighted by molar-refractivity contribution is -0.138. The van der Waals surface area contributed by atoms with E-state index in [0.29, 0.717) is 60.9 Å². The van der Waals surface area contributed by atoms with Crippen LogP contribution in [0.25, 0.3) is 0 Å². The number of carboxylic acids is 1. The van der Waals surface area contributed by atoms with Crippen LogP contribution in [0.3, 0.4) is 0 Å². The number of halogens is 1. The first kappa shape index (κ1) is 26.0. The quantitative estimate of drug-likeness (QED) is 0.312. The van der Waals surface area contributed by atoms with Crippen LogP contribution in [-0.2, 0) is 21.1 Å². The Morgan fingerprint density at radius 3 is 2.34 bits per heavy atom. The second kappa shape index (κ2) is 10.6. The van der Waals surface area contributed by atoms with Gasteiger partial charge in [0.1, 0.15) is 44.8 Å². The molecule has 9 heteroatoms. The molecule has 200 valence electrons. The smallest absolute Gasteiger partial charge is 0.307 e. The number of hydrogen-bond donors (Lipinski definition) is 1. The minimum absolute atomic E-state index is 0.0476. The topological polar surface area (TPSA) is 99.1 Å². The van der Waals surface area contributed by atoms with Gasteiger partial charge < -0.3 is 19.3 Å². The molecule has 0 bridgehead atoms. The molecule has 0 amide bonds. The summed E-state index contributed by atoms with van der Waals surface area (Å²) in [6.45, 7) is 0.298. The van der Waals surface area contributed by atoms with Crippen molar-refractivity contribution in [2.45, 2.75) is 37.7 Å². The van der Waals surface area contributed by atoms with Gasteiger partial charge in [-0.1, -0.05) is 12.1 Å². The number of benzene rings is 3. The highest BCUT2D eigenvalue weighted by molar-refractivity contribution is 7.90. The first-order chi connectivity index (χ1) is 18.2. The van der Waals surface area contributed by atoms with E-state index >= 15 is 0 Å². The zero-order valence-electron chi connectivity index (χ0n) is 20.9. The van der Waals surface area contributed by atoms with Gasteiger partial charge >= 0.3 is 5.97 Å². The molecule has 2 aliphatic rings. The fourth-order valence-electron chi connectivity index (χ4n) is 4.89. The van der Waals surface area contributed by atoms with E-state index in [1.165, 1.54) is 12.3 Å². The molecule has 3 unspecified atom stereocenters. The van der Waals surface area contributed by atoms with E-state index < -0.39 is 21.9 Å². The molecule has 0 radical (unpaired) electrons. The maximum Gasteiger partial charge on any atom is 0.307 e. The highest BCUT2D eigenvalue weighted by atomic mass is 32.2. The fraction of sp³-hybridized carbons (Fsp3) is 0.345. The van der Waals surface area contributed by atoms with E-state index in [9.17, 15) is 17.6 Å². The SMILES string of the molecule is CS(=O)(=O)CCCOc1ccc(Oc2ccc(F)c3c2CCC3Oc2ccc(C3CC3C(=O)O)cc2)cc1. The molecule has 2 aliphatic carbocycles. The summed E-state index contributed by atoms with van der Waals surface area (Å²) in [7, 11) is -3.01. The summed E-state index contributed by atoms with van der Waals surface area (Å²) in [6, 6.07) is 17.4. The van der Waals surface area contributed by atoms with Crippen molar-refractivity contribution in [3.8, 4) is 23.0 Å². The third-order valence-electron chi connectivity index (χ3n) is 6.91. The molecule has 0 heterocycles. The molecule has 0 spiro atoms. The maximum absolute atomic E-state index is 14.9. The third-order valence-corrected chi connectivity index (χ3v) is 7.94. The molecule has 1 N–H and O–H groups in total. The Morgan fingerprint density at radius 1 is 1.00 bits per heavy atom. The highest BCUT2D eigenvalue weighted by Crippen LogP contribution is 2.48. The summed E-state index contributed by atoms with van der Waals surface area (Å²) in [4.78, 5) is 11.1. The number of carboxylic acid groups (broad SMARTS) is 1. The molecule has 0 aromatic heterocycles. The Labute approximate surface area is 221 Å². The van der Waals surface area contributed by atoms with Gasteiger partial charge in [-0.15, -0.1) is 0 Å². The molecule has 0 aliphatic heterocycles. The predicted octanol–water partition coefficient (Wildman–Crippen LogP) is 5.69. The van der Waals surface area contributed by atoms with E-state index in [0.717, 1.165) is 11.1 Å². The van der Waals surface area contributed by atoms with Gasteiger partial charge in [-0.25, -0.2) is 12.8 Å². The number of sulfone groups is 1. The van der Waals surface area contributed by atoms with Crippen molar-refractivity contribution < 1.29 is 36.9 Å². The van der Waals surface area contributed by atoms with Crippen LogP contribution in [0.1, 0.15) is 48.0 Å². The van der Waals surface area contributed by atoms with E-state index in [1.54, 1.807) is 30.3 Å². The van der Waals surface area contributed by atoms with E-state index in [2.05, 4.69) is 0 Å². The van der Waals surface area contributed by atoms with Crippen LogP contribution in [-0.4, -0.2) is 38.1 Å². The van der Waals surface area contributed by atoms with E-state index in [4.69, 9.17) is 19.3 Å². The monoisotopic (exact) mass is 540 g/mol. The average Bonchev–Trinajstić information content (AvgIpc) is 3.58. The van der Waals surface area contributed by atoms with Crippen molar-refractivity contribution in [3.63, 3.8) is 0 Å². The van der Waals surface area contributed by atoms with Gasteiger partial charge in [0.15, 0.2) is 0 Å². The molecular formula is C29H29FO7S. The summed E-state index contributed by atoms with van der Waals surface area (Å²) >= 11 is 0. The van der Waals surface area contributed by atoms with Crippen LogP contribution in [0.4, 0.5) is 4.39 Å². The van der Waals surface area contributed by atoms with Crippen LogP contribution in [0.15, 0.2) is 60.7 Å². The summed E-state index contributed by atoms with van der Waals surface area (Å²) in [5.41, 5.74) is 2.24. The van der Waals surface area contributed by atoms with Crippen molar-refractivity contribution in [3.05, 3.63) is 83.2 Å². The number of fused-ring (bicyclic) bond motifs is 1. The first-order valence-corrected chi connectivity index (χ1v) is 14.6. The van der Waals surface area contributed by atoms with Gasteiger partial charge in [0.05, 0.1) is 18.3 Å². The van der Waals surface area contributed by atoms with Crippen LogP contribution in [0.5, 0.6) is 23.0 Å². The van der Waals surface area contributed by atoms with Gasteiger partial charge in [0.2, 0.25) is 0 Å². The lowest BCUT2D eigenvalue weighted by atomic mass is 10.1. The summed E-state index contributed by atoms with van der Waals surface area (Å²) < 4.78 is 55.1. The van der Waals surface area contributed by atoms with Gasteiger partial charge in [-0.05, 0) is 85.7 Å². The van der Waals surface area contributed by atoms with Crippen molar-refractivity contribution in [1.29, 1.82) is 0 Å². The van der Waals surface area contributed by atoms with Crippen molar-refractivity contribution in [2.75, 3.05) is 18.6 Å². The maximum atomic E-state index is 14.9. The van der Waals surface area contributed by atoms with Gasteiger partial charge in [-0.3, -0.25) is 4.79 Å². The number of hydrogen-bond acceptors (Lipinski definition) is 6. The Balaban J connectivity index is 1.22. The summed E-state index contributed by atoms with van der Waals surface area (Å²) in [5.74, 6) is 1.06. The number of carbonyl (C=O) groups is 1. The molecule has 38 heavy (non-hydrogen) atoms. The minimum atomic E-state index is -3.01. The Morgan fingerprint density at radius 2 is 1.68 bits per heavy atom. The van der Waals surface area contributed by atoms with Crippen molar-refractivity contribution in [2.24, 2.45) is 5.92 Å². The number of rotatable bonds is 11. The standard InChI is InChI=1S/C29H29FO7S/c1-38(33,34)16-2-15-35-19-7-9-21(10-8-19)36-26-14-12-25(30)28-22(26)11-13-27(28)37-20-5-3-18(4-6-20)23-17-24(23)29(31)32/h3-10,12,14,23-24,27H,2,11,13,15-17H2,1H3,(H,31,32).